The second kappa shape index (κ2) is 7.64. The highest BCUT2D eigenvalue weighted by molar-refractivity contribution is 7.98. The maximum atomic E-state index is 12.8. The molecular formula is C22H20N2O3S. The zero-order chi connectivity index (χ0) is 19.7. The first-order valence-electron chi connectivity index (χ1n) is 9.28. The van der Waals surface area contributed by atoms with Gasteiger partial charge in [0.15, 0.2) is 5.16 Å². The van der Waals surface area contributed by atoms with Crippen molar-refractivity contribution in [2.45, 2.75) is 37.7 Å². The second-order valence-electron chi connectivity index (χ2n) is 6.52. The van der Waals surface area contributed by atoms with Gasteiger partial charge in [-0.25, -0.2) is 9.78 Å². The Labute approximate surface area is 166 Å². The van der Waals surface area contributed by atoms with Crippen molar-refractivity contribution in [3.8, 4) is 0 Å². The third kappa shape index (κ3) is 3.36. The molecule has 2 heterocycles. The van der Waals surface area contributed by atoms with Crippen LogP contribution in [0.2, 0.25) is 0 Å². The van der Waals surface area contributed by atoms with E-state index in [0.29, 0.717) is 33.9 Å². The molecule has 0 unspecified atom stereocenters. The summed E-state index contributed by atoms with van der Waals surface area (Å²) in [4.78, 5) is 29.5. The van der Waals surface area contributed by atoms with Crippen LogP contribution in [0.15, 0.2) is 67.7 Å². The van der Waals surface area contributed by atoms with Crippen molar-refractivity contribution in [3.63, 3.8) is 0 Å². The highest BCUT2D eigenvalue weighted by atomic mass is 32.2. The van der Waals surface area contributed by atoms with Gasteiger partial charge in [-0.05, 0) is 42.7 Å². The molecule has 5 nitrogen and oxygen atoms in total. The second-order valence-corrected chi connectivity index (χ2v) is 7.47. The molecule has 6 heteroatoms. The molecule has 0 aliphatic heterocycles. The van der Waals surface area contributed by atoms with E-state index >= 15 is 0 Å². The zero-order valence-corrected chi connectivity index (χ0v) is 16.6. The Kier molecular flexibility index (Phi) is 5.05. The molecule has 142 valence electrons. The van der Waals surface area contributed by atoms with Crippen LogP contribution in [0.1, 0.15) is 25.0 Å². The van der Waals surface area contributed by atoms with E-state index in [1.165, 1.54) is 17.8 Å². The molecule has 0 aliphatic carbocycles. The van der Waals surface area contributed by atoms with Crippen LogP contribution >= 0.6 is 11.8 Å². The summed E-state index contributed by atoms with van der Waals surface area (Å²) in [6, 6.07) is 14.9. The minimum Gasteiger partial charge on any atom is -0.423 e. The van der Waals surface area contributed by atoms with Crippen molar-refractivity contribution in [2.75, 3.05) is 0 Å². The Hall–Kier alpha value is -2.86. The van der Waals surface area contributed by atoms with Crippen molar-refractivity contribution in [3.05, 3.63) is 80.4 Å². The molecule has 0 saturated carbocycles. The van der Waals surface area contributed by atoms with Crippen LogP contribution < -0.4 is 11.2 Å². The number of para-hydroxylation sites is 1. The summed E-state index contributed by atoms with van der Waals surface area (Å²) in [6.07, 6.45) is 0.877. The molecule has 0 amide bonds. The van der Waals surface area contributed by atoms with Crippen molar-refractivity contribution < 1.29 is 4.42 Å². The van der Waals surface area contributed by atoms with Gasteiger partial charge >= 0.3 is 5.63 Å². The summed E-state index contributed by atoms with van der Waals surface area (Å²) in [5.74, 6) is 0.526. The number of fused-ring (bicyclic) bond motifs is 2. The predicted octanol–water partition coefficient (Wildman–Crippen LogP) is 4.38. The Morgan fingerprint density at radius 2 is 1.86 bits per heavy atom. The number of hydrogen-bond acceptors (Lipinski definition) is 5. The maximum absolute atomic E-state index is 12.8. The standard InChI is InChI=1S/C22H20N2O3S/c1-3-14-9-10-16-15(12-20(25)27-19(16)11-14)13-28-22-23-18-8-6-5-7-17(18)21(26)24(22)4-2/h5-12H,3-4,13H2,1-2H3. The smallest absolute Gasteiger partial charge is 0.336 e. The van der Waals surface area contributed by atoms with E-state index in [1.54, 1.807) is 10.6 Å². The van der Waals surface area contributed by atoms with Gasteiger partial charge in [0.25, 0.3) is 5.56 Å². The van der Waals surface area contributed by atoms with Gasteiger partial charge in [-0.3, -0.25) is 9.36 Å². The predicted molar refractivity (Wildman–Crippen MR) is 113 cm³/mol. The molecule has 2 aromatic heterocycles. The highest BCUT2D eigenvalue weighted by Gasteiger charge is 2.12. The lowest BCUT2D eigenvalue weighted by molar-refractivity contribution is 0.559. The number of benzene rings is 2. The maximum Gasteiger partial charge on any atom is 0.336 e. The van der Waals surface area contributed by atoms with Gasteiger partial charge in [0, 0.05) is 23.8 Å². The molecule has 28 heavy (non-hydrogen) atoms. The quantitative estimate of drug-likeness (QED) is 0.286. The number of rotatable bonds is 5. The molecule has 0 aliphatic rings. The molecule has 0 fully saturated rings. The Morgan fingerprint density at radius 1 is 1.04 bits per heavy atom. The zero-order valence-electron chi connectivity index (χ0n) is 15.8. The van der Waals surface area contributed by atoms with Gasteiger partial charge in [0.1, 0.15) is 5.58 Å². The van der Waals surface area contributed by atoms with Crippen LogP contribution in [0, 0.1) is 0 Å². The number of nitrogens with zero attached hydrogens (tertiary/aromatic N) is 2. The molecular weight excluding hydrogens is 372 g/mol. The summed E-state index contributed by atoms with van der Waals surface area (Å²) in [5, 5.41) is 2.18. The topological polar surface area (TPSA) is 65.1 Å². The first kappa shape index (κ1) is 18.5. The third-order valence-electron chi connectivity index (χ3n) is 4.80. The molecule has 0 radical (unpaired) electrons. The summed E-state index contributed by atoms with van der Waals surface area (Å²) >= 11 is 1.46. The van der Waals surface area contributed by atoms with E-state index in [2.05, 4.69) is 11.9 Å². The lowest BCUT2D eigenvalue weighted by atomic mass is 10.1. The fourth-order valence-electron chi connectivity index (χ4n) is 3.29. The van der Waals surface area contributed by atoms with Gasteiger partial charge < -0.3 is 4.42 Å². The van der Waals surface area contributed by atoms with Crippen molar-refractivity contribution in [1.82, 2.24) is 9.55 Å². The number of thioether (sulfide) groups is 1. The SMILES string of the molecule is CCc1ccc2c(CSc3nc4ccccc4c(=O)n3CC)cc(=O)oc2c1. The largest absolute Gasteiger partial charge is 0.423 e. The fourth-order valence-corrected chi connectivity index (χ4v) is 4.35. The average molecular weight is 392 g/mol. The molecule has 0 N–H and O–H groups in total. The summed E-state index contributed by atoms with van der Waals surface area (Å²) in [7, 11) is 0. The summed E-state index contributed by atoms with van der Waals surface area (Å²) in [6.45, 7) is 4.53. The van der Waals surface area contributed by atoms with Gasteiger partial charge in [-0.1, -0.05) is 43.0 Å². The molecule has 4 aromatic rings. The normalized spacial score (nSPS) is 11.4. The van der Waals surface area contributed by atoms with Crippen molar-refractivity contribution in [1.29, 1.82) is 0 Å². The fraction of sp³-hybridized carbons (Fsp3) is 0.227. The Morgan fingerprint density at radius 3 is 2.64 bits per heavy atom. The van der Waals surface area contributed by atoms with Crippen molar-refractivity contribution in [2.24, 2.45) is 0 Å². The van der Waals surface area contributed by atoms with Crippen LogP contribution in [0.25, 0.3) is 21.9 Å². The van der Waals surface area contributed by atoms with Crippen LogP contribution in [0.5, 0.6) is 0 Å². The number of aromatic nitrogens is 2. The number of aryl methyl sites for hydroxylation is 1. The van der Waals surface area contributed by atoms with Crippen LogP contribution in [0.3, 0.4) is 0 Å². The first-order valence-corrected chi connectivity index (χ1v) is 10.3. The first-order chi connectivity index (χ1) is 13.6. The van der Waals surface area contributed by atoms with E-state index in [1.807, 2.05) is 43.3 Å². The van der Waals surface area contributed by atoms with E-state index < -0.39 is 0 Å². The monoisotopic (exact) mass is 392 g/mol. The molecule has 0 atom stereocenters. The molecule has 2 aromatic carbocycles. The minimum absolute atomic E-state index is 0.0411. The van der Waals surface area contributed by atoms with E-state index in [-0.39, 0.29) is 11.2 Å². The molecule has 4 rings (SSSR count). The Balaban J connectivity index is 1.76. The van der Waals surface area contributed by atoms with Crippen LogP contribution in [-0.4, -0.2) is 9.55 Å². The summed E-state index contributed by atoms with van der Waals surface area (Å²) < 4.78 is 7.06. The van der Waals surface area contributed by atoms with Gasteiger partial charge in [-0.2, -0.15) is 0 Å². The molecule has 0 saturated heterocycles. The van der Waals surface area contributed by atoms with Crippen LogP contribution in [0.4, 0.5) is 0 Å². The highest BCUT2D eigenvalue weighted by Crippen LogP contribution is 2.26. The Bertz CT molecular complexity index is 1290. The van der Waals surface area contributed by atoms with E-state index in [9.17, 15) is 9.59 Å². The van der Waals surface area contributed by atoms with E-state index in [4.69, 9.17) is 4.42 Å². The summed E-state index contributed by atoms with van der Waals surface area (Å²) in [5.41, 5.74) is 2.88. The van der Waals surface area contributed by atoms with E-state index in [0.717, 1.165) is 22.9 Å². The third-order valence-corrected chi connectivity index (χ3v) is 5.83. The molecule has 0 spiro atoms. The lowest BCUT2D eigenvalue weighted by Gasteiger charge is -2.12. The van der Waals surface area contributed by atoms with Gasteiger partial charge in [0.05, 0.1) is 10.9 Å². The molecule has 0 bridgehead atoms. The van der Waals surface area contributed by atoms with Crippen molar-refractivity contribution >= 4 is 33.6 Å². The van der Waals surface area contributed by atoms with Gasteiger partial charge in [-0.15, -0.1) is 0 Å². The van der Waals surface area contributed by atoms with Gasteiger partial charge in [0.2, 0.25) is 0 Å². The average Bonchev–Trinajstić information content (AvgIpc) is 2.71. The minimum atomic E-state index is -0.365. The number of hydrogen-bond donors (Lipinski definition) is 0. The van der Waals surface area contributed by atoms with Crippen LogP contribution in [-0.2, 0) is 18.7 Å². The lowest BCUT2D eigenvalue weighted by Crippen LogP contribution is -2.22.